The Balaban J connectivity index is 1.67. The Morgan fingerprint density at radius 2 is 2.07 bits per heavy atom. The van der Waals surface area contributed by atoms with Crippen molar-refractivity contribution in [2.75, 3.05) is 6.54 Å². The van der Waals surface area contributed by atoms with Crippen molar-refractivity contribution in [3.63, 3.8) is 0 Å². The molecule has 1 atom stereocenters. The lowest BCUT2D eigenvalue weighted by Gasteiger charge is -2.26. The van der Waals surface area contributed by atoms with E-state index < -0.39 is 0 Å². The average molecular weight is 390 g/mol. The maximum atomic E-state index is 13.2. The van der Waals surface area contributed by atoms with E-state index in [4.69, 9.17) is 9.51 Å². The third-order valence-corrected chi connectivity index (χ3v) is 5.67. The Kier molecular flexibility index (Phi) is 5.18. The van der Waals surface area contributed by atoms with E-state index in [0.29, 0.717) is 18.0 Å². The Hall–Kier alpha value is -3.02. The van der Waals surface area contributed by atoms with Gasteiger partial charge in [0.15, 0.2) is 5.76 Å². The molecule has 0 radical (unpaired) electrons. The van der Waals surface area contributed by atoms with Gasteiger partial charge in [-0.1, -0.05) is 35.0 Å². The molecule has 150 valence electrons. The number of benzene rings is 1. The molecule has 6 heteroatoms. The maximum absolute atomic E-state index is 13.2. The normalized spacial score (nSPS) is 16.4. The average Bonchev–Trinajstić information content (AvgIpc) is 3.30. The topological polar surface area (TPSA) is 72.1 Å². The van der Waals surface area contributed by atoms with E-state index in [1.165, 1.54) is 0 Å². The van der Waals surface area contributed by atoms with Gasteiger partial charge >= 0.3 is 0 Å². The van der Waals surface area contributed by atoms with Gasteiger partial charge in [0.2, 0.25) is 5.91 Å². The highest BCUT2D eigenvalue weighted by molar-refractivity contribution is 5.80. The SMILES string of the molecule is Cc1cccc(CC(=O)N2CCCC2c2nc(C)ncc2-c2onc(C)c2C)c1. The fourth-order valence-corrected chi connectivity index (χ4v) is 4.03. The first-order valence-electron chi connectivity index (χ1n) is 10.1. The van der Waals surface area contributed by atoms with Gasteiger partial charge in [-0.05, 0) is 46.1 Å². The van der Waals surface area contributed by atoms with Crippen LogP contribution in [0.3, 0.4) is 0 Å². The number of hydrogen-bond acceptors (Lipinski definition) is 5. The van der Waals surface area contributed by atoms with E-state index in [2.05, 4.69) is 16.2 Å². The summed E-state index contributed by atoms with van der Waals surface area (Å²) in [6, 6.07) is 8.06. The highest BCUT2D eigenvalue weighted by Crippen LogP contribution is 2.38. The second-order valence-electron chi connectivity index (χ2n) is 7.85. The number of rotatable bonds is 4. The molecular formula is C23H26N4O2. The molecule has 0 N–H and O–H groups in total. The zero-order chi connectivity index (χ0) is 20.5. The predicted octanol–water partition coefficient (Wildman–Crippen LogP) is 4.27. The zero-order valence-corrected chi connectivity index (χ0v) is 17.4. The molecule has 0 saturated carbocycles. The lowest BCUT2D eigenvalue weighted by molar-refractivity contribution is -0.131. The fourth-order valence-electron chi connectivity index (χ4n) is 4.03. The second-order valence-corrected chi connectivity index (χ2v) is 7.85. The summed E-state index contributed by atoms with van der Waals surface area (Å²) in [5.74, 6) is 1.51. The third kappa shape index (κ3) is 3.79. The van der Waals surface area contributed by atoms with Crippen LogP contribution in [-0.2, 0) is 11.2 Å². The number of aryl methyl sites for hydroxylation is 3. The van der Waals surface area contributed by atoms with E-state index in [-0.39, 0.29) is 11.9 Å². The van der Waals surface area contributed by atoms with Crippen LogP contribution in [-0.4, -0.2) is 32.5 Å². The van der Waals surface area contributed by atoms with Gasteiger partial charge in [0.05, 0.1) is 29.4 Å². The van der Waals surface area contributed by atoms with Crippen LogP contribution in [0.5, 0.6) is 0 Å². The highest BCUT2D eigenvalue weighted by atomic mass is 16.5. The molecule has 1 aliphatic rings. The van der Waals surface area contributed by atoms with Crippen molar-refractivity contribution >= 4 is 5.91 Å². The van der Waals surface area contributed by atoms with Crippen LogP contribution in [0.2, 0.25) is 0 Å². The summed E-state index contributed by atoms with van der Waals surface area (Å²) < 4.78 is 5.59. The Morgan fingerprint density at radius 1 is 1.24 bits per heavy atom. The quantitative estimate of drug-likeness (QED) is 0.665. The van der Waals surface area contributed by atoms with Crippen molar-refractivity contribution in [1.82, 2.24) is 20.0 Å². The molecule has 1 unspecified atom stereocenters. The van der Waals surface area contributed by atoms with Crippen molar-refractivity contribution in [2.45, 2.75) is 53.0 Å². The van der Waals surface area contributed by atoms with Crippen molar-refractivity contribution in [2.24, 2.45) is 0 Å². The summed E-state index contributed by atoms with van der Waals surface area (Å²) in [6.07, 6.45) is 4.04. The zero-order valence-electron chi connectivity index (χ0n) is 17.4. The summed E-state index contributed by atoms with van der Waals surface area (Å²) in [5.41, 5.74) is 5.72. The van der Waals surface area contributed by atoms with Crippen LogP contribution in [0.1, 0.15) is 52.8 Å². The van der Waals surface area contributed by atoms with Crippen molar-refractivity contribution in [1.29, 1.82) is 0 Å². The number of aromatic nitrogens is 3. The smallest absolute Gasteiger partial charge is 0.227 e. The first kappa shape index (κ1) is 19.3. The number of amides is 1. The Labute approximate surface area is 171 Å². The Bertz CT molecular complexity index is 1060. The predicted molar refractivity (Wildman–Crippen MR) is 110 cm³/mol. The van der Waals surface area contributed by atoms with E-state index in [1.54, 1.807) is 6.20 Å². The lowest BCUT2D eigenvalue weighted by atomic mass is 10.0. The van der Waals surface area contributed by atoms with Gasteiger partial charge < -0.3 is 9.42 Å². The third-order valence-electron chi connectivity index (χ3n) is 5.67. The van der Waals surface area contributed by atoms with Crippen LogP contribution in [0.15, 0.2) is 35.0 Å². The molecule has 0 spiro atoms. The minimum atomic E-state index is -0.0752. The number of nitrogens with zero attached hydrogens (tertiary/aromatic N) is 4. The lowest BCUT2D eigenvalue weighted by Crippen LogP contribution is -2.32. The standard InChI is InChI=1S/C23H26N4O2/c1-14-7-5-8-18(11-14)12-21(28)27-10-6-9-20(27)22-19(13-24-17(4)25-22)23-15(2)16(3)26-29-23/h5,7-8,11,13,20H,6,9-10,12H2,1-4H3. The van der Waals surface area contributed by atoms with Crippen LogP contribution in [0, 0.1) is 27.7 Å². The van der Waals surface area contributed by atoms with Crippen molar-refractivity contribution in [3.05, 3.63) is 64.4 Å². The van der Waals surface area contributed by atoms with Gasteiger partial charge in [0, 0.05) is 18.3 Å². The Morgan fingerprint density at radius 3 is 2.79 bits per heavy atom. The van der Waals surface area contributed by atoms with Crippen LogP contribution < -0.4 is 0 Å². The molecule has 0 bridgehead atoms. The van der Waals surface area contributed by atoms with Gasteiger partial charge in [-0.2, -0.15) is 0 Å². The molecular weight excluding hydrogens is 364 g/mol. The molecule has 1 fully saturated rings. The fraction of sp³-hybridized carbons (Fsp3) is 0.391. The van der Waals surface area contributed by atoms with Crippen LogP contribution in [0.25, 0.3) is 11.3 Å². The summed E-state index contributed by atoms with van der Waals surface area (Å²) >= 11 is 0. The second kappa shape index (κ2) is 7.78. The monoisotopic (exact) mass is 390 g/mol. The minimum Gasteiger partial charge on any atom is -0.356 e. The summed E-state index contributed by atoms with van der Waals surface area (Å²) in [4.78, 5) is 24.3. The first-order chi connectivity index (χ1) is 13.9. The molecule has 3 heterocycles. The number of carbonyl (C=O) groups is 1. The van der Waals surface area contributed by atoms with E-state index in [1.807, 2.05) is 50.8 Å². The summed E-state index contributed by atoms with van der Waals surface area (Å²) in [7, 11) is 0. The number of hydrogen-bond donors (Lipinski definition) is 0. The molecule has 29 heavy (non-hydrogen) atoms. The maximum Gasteiger partial charge on any atom is 0.227 e. The van der Waals surface area contributed by atoms with Gasteiger partial charge in [0.1, 0.15) is 5.82 Å². The highest BCUT2D eigenvalue weighted by Gasteiger charge is 2.34. The van der Waals surface area contributed by atoms with Crippen molar-refractivity contribution < 1.29 is 9.32 Å². The van der Waals surface area contributed by atoms with Gasteiger partial charge in [-0.3, -0.25) is 4.79 Å². The molecule has 1 amide bonds. The molecule has 1 aliphatic heterocycles. The van der Waals surface area contributed by atoms with E-state index in [0.717, 1.165) is 53.0 Å². The molecule has 1 aromatic carbocycles. The molecule has 4 rings (SSSR count). The van der Waals surface area contributed by atoms with Gasteiger partial charge in [-0.25, -0.2) is 9.97 Å². The molecule has 2 aromatic heterocycles. The van der Waals surface area contributed by atoms with E-state index in [9.17, 15) is 4.79 Å². The molecule has 3 aromatic rings. The molecule has 1 saturated heterocycles. The largest absolute Gasteiger partial charge is 0.356 e. The van der Waals surface area contributed by atoms with Gasteiger partial charge in [-0.15, -0.1) is 0 Å². The van der Waals surface area contributed by atoms with Gasteiger partial charge in [0.25, 0.3) is 0 Å². The van der Waals surface area contributed by atoms with Crippen molar-refractivity contribution in [3.8, 4) is 11.3 Å². The number of carbonyl (C=O) groups excluding carboxylic acids is 1. The minimum absolute atomic E-state index is 0.0752. The van der Waals surface area contributed by atoms with Crippen LogP contribution in [0.4, 0.5) is 0 Å². The van der Waals surface area contributed by atoms with Crippen LogP contribution >= 0.6 is 0 Å². The van der Waals surface area contributed by atoms with E-state index >= 15 is 0 Å². The molecule has 0 aliphatic carbocycles. The summed E-state index contributed by atoms with van der Waals surface area (Å²) in [6.45, 7) is 8.57. The first-order valence-corrected chi connectivity index (χ1v) is 10.1. The number of likely N-dealkylation sites (tertiary alicyclic amines) is 1. The summed E-state index contributed by atoms with van der Waals surface area (Å²) in [5, 5.41) is 4.09. The molecule has 6 nitrogen and oxygen atoms in total.